The van der Waals surface area contributed by atoms with Crippen LogP contribution >= 0.6 is 0 Å². The van der Waals surface area contributed by atoms with Crippen molar-refractivity contribution in [2.45, 2.75) is 38.6 Å². The molecule has 1 aromatic rings. The molecule has 1 aliphatic heterocycles. The van der Waals surface area contributed by atoms with Crippen LogP contribution in [0.15, 0.2) is 24.3 Å². The second-order valence-electron chi connectivity index (χ2n) is 6.15. The van der Waals surface area contributed by atoms with Gasteiger partial charge >= 0.3 is 5.97 Å². The number of ketones is 1. The smallest absolute Gasteiger partial charge is 0.326 e. The van der Waals surface area contributed by atoms with Gasteiger partial charge in [0.05, 0.1) is 6.61 Å². The number of carbonyl (C=O) groups is 3. The summed E-state index contributed by atoms with van der Waals surface area (Å²) < 4.78 is 5.29. The molecule has 0 saturated carbocycles. The SMILES string of the molecule is Cc1ccc(C(=O)CCC(=O)NC(C(=O)O)C2CCCOC2)cc1. The molecule has 0 spiro atoms. The van der Waals surface area contributed by atoms with Crippen molar-refractivity contribution in [3.63, 3.8) is 0 Å². The molecule has 2 unspecified atom stereocenters. The third-order valence-corrected chi connectivity index (χ3v) is 4.20. The number of amides is 1. The number of aryl methyl sites for hydroxylation is 1. The fraction of sp³-hybridized carbons (Fsp3) is 0.500. The molecule has 0 aromatic heterocycles. The zero-order valence-electron chi connectivity index (χ0n) is 13.8. The van der Waals surface area contributed by atoms with Crippen LogP contribution in [0.3, 0.4) is 0 Å². The van der Waals surface area contributed by atoms with E-state index in [9.17, 15) is 19.5 Å². The summed E-state index contributed by atoms with van der Waals surface area (Å²) in [6.07, 6.45) is 1.53. The number of hydrogen-bond acceptors (Lipinski definition) is 4. The molecule has 1 amide bonds. The molecule has 2 N–H and O–H groups in total. The van der Waals surface area contributed by atoms with E-state index in [2.05, 4.69) is 5.32 Å². The van der Waals surface area contributed by atoms with Crippen molar-refractivity contribution in [2.24, 2.45) is 5.92 Å². The van der Waals surface area contributed by atoms with Crippen LogP contribution in [-0.4, -0.2) is 42.0 Å². The quantitative estimate of drug-likeness (QED) is 0.744. The van der Waals surface area contributed by atoms with Crippen molar-refractivity contribution in [3.8, 4) is 0 Å². The van der Waals surface area contributed by atoms with Gasteiger partial charge in [0.25, 0.3) is 0 Å². The lowest BCUT2D eigenvalue weighted by molar-refractivity contribution is -0.145. The topological polar surface area (TPSA) is 92.7 Å². The molecular weight excluding hydrogens is 310 g/mol. The Kier molecular flexibility index (Phi) is 6.49. The highest BCUT2D eigenvalue weighted by atomic mass is 16.5. The van der Waals surface area contributed by atoms with Crippen LogP contribution in [0.5, 0.6) is 0 Å². The first-order valence-electron chi connectivity index (χ1n) is 8.17. The molecule has 1 aromatic carbocycles. The monoisotopic (exact) mass is 333 g/mol. The van der Waals surface area contributed by atoms with Gasteiger partial charge in [-0.25, -0.2) is 4.79 Å². The lowest BCUT2D eigenvalue weighted by Gasteiger charge is -2.28. The van der Waals surface area contributed by atoms with E-state index < -0.39 is 17.9 Å². The van der Waals surface area contributed by atoms with Gasteiger partial charge in [-0.2, -0.15) is 0 Å². The van der Waals surface area contributed by atoms with Crippen LogP contribution in [0.1, 0.15) is 41.6 Å². The van der Waals surface area contributed by atoms with Gasteiger partial charge in [0.15, 0.2) is 5.78 Å². The Bertz CT molecular complexity index is 590. The summed E-state index contributed by atoms with van der Waals surface area (Å²) in [6.45, 7) is 2.89. The second-order valence-corrected chi connectivity index (χ2v) is 6.15. The summed E-state index contributed by atoms with van der Waals surface area (Å²) in [5.41, 5.74) is 1.62. The summed E-state index contributed by atoms with van der Waals surface area (Å²) >= 11 is 0. The molecule has 1 aliphatic rings. The number of hydrogen-bond donors (Lipinski definition) is 2. The number of aliphatic carboxylic acids is 1. The minimum absolute atomic E-state index is 0.0237. The first kappa shape index (κ1) is 18.1. The van der Waals surface area contributed by atoms with Gasteiger partial charge in [0.2, 0.25) is 5.91 Å². The predicted molar refractivity (Wildman–Crippen MR) is 87.9 cm³/mol. The van der Waals surface area contributed by atoms with Gasteiger partial charge in [-0.15, -0.1) is 0 Å². The number of ether oxygens (including phenoxy) is 1. The van der Waals surface area contributed by atoms with E-state index in [4.69, 9.17) is 4.74 Å². The predicted octanol–water partition coefficient (Wildman–Crippen LogP) is 1.95. The van der Waals surface area contributed by atoms with Crippen LogP contribution < -0.4 is 5.32 Å². The number of Topliss-reactive ketones (excluding diaryl/α,β-unsaturated/α-hetero) is 1. The summed E-state index contributed by atoms with van der Waals surface area (Å²) in [4.78, 5) is 35.5. The molecule has 2 atom stereocenters. The van der Waals surface area contributed by atoms with Crippen molar-refractivity contribution >= 4 is 17.7 Å². The molecular formula is C18H23NO5. The Morgan fingerprint density at radius 1 is 1.25 bits per heavy atom. The van der Waals surface area contributed by atoms with Gasteiger partial charge in [-0.1, -0.05) is 29.8 Å². The highest BCUT2D eigenvalue weighted by molar-refractivity contribution is 5.98. The highest BCUT2D eigenvalue weighted by Crippen LogP contribution is 2.18. The molecule has 130 valence electrons. The first-order valence-corrected chi connectivity index (χ1v) is 8.17. The van der Waals surface area contributed by atoms with E-state index in [1.165, 1.54) is 0 Å². The summed E-state index contributed by atoms with van der Waals surface area (Å²) in [5.74, 6) is -1.84. The van der Waals surface area contributed by atoms with E-state index in [0.717, 1.165) is 12.0 Å². The Labute approximate surface area is 141 Å². The summed E-state index contributed by atoms with van der Waals surface area (Å²) in [5, 5.41) is 11.8. The average molecular weight is 333 g/mol. The minimum atomic E-state index is -1.07. The highest BCUT2D eigenvalue weighted by Gasteiger charge is 2.31. The Morgan fingerprint density at radius 3 is 2.54 bits per heavy atom. The number of nitrogens with one attached hydrogen (secondary N) is 1. The van der Waals surface area contributed by atoms with Gasteiger partial charge in [-0.05, 0) is 19.8 Å². The third kappa shape index (κ3) is 5.16. The Balaban J connectivity index is 1.85. The number of carboxylic acids is 1. The third-order valence-electron chi connectivity index (χ3n) is 4.20. The van der Waals surface area contributed by atoms with Crippen molar-refractivity contribution in [2.75, 3.05) is 13.2 Å². The lowest BCUT2D eigenvalue weighted by Crippen LogP contribution is -2.48. The Morgan fingerprint density at radius 2 is 1.96 bits per heavy atom. The zero-order chi connectivity index (χ0) is 17.5. The maximum atomic E-state index is 12.1. The van der Waals surface area contributed by atoms with Crippen molar-refractivity contribution in [1.82, 2.24) is 5.32 Å². The van der Waals surface area contributed by atoms with E-state index in [1.54, 1.807) is 12.1 Å². The van der Waals surface area contributed by atoms with Crippen LogP contribution in [-0.2, 0) is 14.3 Å². The number of benzene rings is 1. The molecule has 6 heteroatoms. The van der Waals surface area contributed by atoms with Crippen LogP contribution in [0, 0.1) is 12.8 Å². The van der Waals surface area contributed by atoms with E-state index in [1.807, 2.05) is 19.1 Å². The molecule has 1 heterocycles. The van der Waals surface area contributed by atoms with Gasteiger partial charge in [0.1, 0.15) is 6.04 Å². The zero-order valence-corrected chi connectivity index (χ0v) is 13.8. The molecule has 0 bridgehead atoms. The van der Waals surface area contributed by atoms with Crippen molar-refractivity contribution < 1.29 is 24.2 Å². The minimum Gasteiger partial charge on any atom is -0.480 e. The van der Waals surface area contributed by atoms with Crippen LogP contribution in [0.2, 0.25) is 0 Å². The number of carbonyl (C=O) groups excluding carboxylic acids is 2. The number of carboxylic acid groups (broad SMARTS) is 1. The van der Waals surface area contributed by atoms with Crippen LogP contribution in [0.4, 0.5) is 0 Å². The van der Waals surface area contributed by atoms with Crippen molar-refractivity contribution in [3.05, 3.63) is 35.4 Å². The Hall–Kier alpha value is -2.21. The molecule has 0 radical (unpaired) electrons. The first-order chi connectivity index (χ1) is 11.5. The molecule has 24 heavy (non-hydrogen) atoms. The molecule has 1 fully saturated rings. The average Bonchev–Trinajstić information content (AvgIpc) is 2.58. The lowest BCUT2D eigenvalue weighted by atomic mass is 9.93. The molecule has 0 aliphatic carbocycles. The largest absolute Gasteiger partial charge is 0.480 e. The fourth-order valence-corrected chi connectivity index (χ4v) is 2.77. The number of rotatable bonds is 7. The second kappa shape index (κ2) is 8.59. The van der Waals surface area contributed by atoms with E-state index in [-0.39, 0.29) is 24.5 Å². The fourth-order valence-electron chi connectivity index (χ4n) is 2.77. The molecule has 2 rings (SSSR count). The van der Waals surface area contributed by atoms with Gasteiger partial charge in [0, 0.05) is 30.9 Å². The van der Waals surface area contributed by atoms with Gasteiger partial charge < -0.3 is 15.2 Å². The maximum Gasteiger partial charge on any atom is 0.326 e. The van der Waals surface area contributed by atoms with Gasteiger partial charge in [-0.3, -0.25) is 9.59 Å². The van der Waals surface area contributed by atoms with Crippen LogP contribution in [0.25, 0.3) is 0 Å². The standard InChI is InChI=1S/C18H23NO5/c1-12-4-6-13(7-5-12)15(20)8-9-16(21)19-17(18(22)23)14-3-2-10-24-11-14/h4-7,14,17H,2-3,8-11H2,1H3,(H,19,21)(H,22,23). The summed E-state index contributed by atoms with van der Waals surface area (Å²) in [6, 6.07) is 6.18. The normalized spacial score (nSPS) is 18.6. The van der Waals surface area contributed by atoms with E-state index >= 15 is 0 Å². The van der Waals surface area contributed by atoms with Crippen molar-refractivity contribution in [1.29, 1.82) is 0 Å². The van der Waals surface area contributed by atoms with E-state index in [0.29, 0.717) is 25.2 Å². The molecule has 6 nitrogen and oxygen atoms in total. The summed E-state index contributed by atoms with van der Waals surface area (Å²) in [7, 11) is 0. The maximum absolute atomic E-state index is 12.1. The molecule has 1 saturated heterocycles.